The number of nitrogens with two attached hydrogens (primary N) is 1. The van der Waals surface area contributed by atoms with Gasteiger partial charge in [0.1, 0.15) is 17.3 Å². The van der Waals surface area contributed by atoms with Crippen LogP contribution in [0.2, 0.25) is 5.02 Å². The fourth-order valence-electron chi connectivity index (χ4n) is 4.21. The maximum absolute atomic E-state index is 13.0. The molecule has 0 radical (unpaired) electrons. The van der Waals surface area contributed by atoms with E-state index in [4.69, 9.17) is 22.1 Å². The first-order valence-electron chi connectivity index (χ1n) is 11.7. The topological polar surface area (TPSA) is 115 Å². The van der Waals surface area contributed by atoms with Crippen LogP contribution in [0.25, 0.3) is 11.1 Å². The van der Waals surface area contributed by atoms with Crippen LogP contribution >= 0.6 is 11.6 Å². The number of halogens is 1. The van der Waals surface area contributed by atoms with Gasteiger partial charge in [0.15, 0.2) is 0 Å². The Morgan fingerprint density at radius 1 is 1.11 bits per heavy atom. The van der Waals surface area contributed by atoms with Crippen molar-refractivity contribution in [2.24, 2.45) is 7.05 Å². The van der Waals surface area contributed by atoms with Crippen molar-refractivity contribution >= 4 is 29.2 Å². The van der Waals surface area contributed by atoms with Gasteiger partial charge in [-0.05, 0) is 48.9 Å². The van der Waals surface area contributed by atoms with Crippen LogP contribution in [-0.4, -0.2) is 50.6 Å². The Morgan fingerprint density at radius 3 is 2.62 bits per heavy atom. The van der Waals surface area contributed by atoms with E-state index in [0.29, 0.717) is 47.2 Å². The molecule has 188 valence electrons. The number of likely N-dealkylation sites (tertiary alicyclic amines) is 1. The number of anilines is 1. The standard InChI is InChI=1S/C27H25ClN6O3/c1-33-15-19(14-31-33)18-12-22(25(29)30-13-18)26(35)32-20-10-11-34(16-20)27(36)17-6-8-21(9-7-17)37-24-5-3-2-4-23(24)28/h2-9,12-15,20H,10-11,16H2,1H3,(H2,29,30)(H,32,35)/t20-/m1/s1. The van der Waals surface area contributed by atoms with Crippen molar-refractivity contribution in [1.82, 2.24) is 25.0 Å². The monoisotopic (exact) mass is 516 g/mol. The van der Waals surface area contributed by atoms with Gasteiger partial charge in [0.05, 0.1) is 16.8 Å². The first kappa shape index (κ1) is 24.3. The molecule has 0 aliphatic carbocycles. The molecule has 0 saturated carbocycles. The third-order valence-electron chi connectivity index (χ3n) is 6.18. The number of benzene rings is 2. The van der Waals surface area contributed by atoms with Crippen molar-refractivity contribution in [3.8, 4) is 22.6 Å². The van der Waals surface area contributed by atoms with Gasteiger partial charge in [-0.25, -0.2) is 4.98 Å². The molecule has 0 spiro atoms. The summed E-state index contributed by atoms with van der Waals surface area (Å²) in [6, 6.07) is 15.6. The Kier molecular flexibility index (Phi) is 6.78. The summed E-state index contributed by atoms with van der Waals surface area (Å²) in [6.45, 7) is 0.934. The van der Waals surface area contributed by atoms with Gasteiger partial charge in [-0.15, -0.1) is 0 Å². The Labute approximate surface area is 218 Å². The van der Waals surface area contributed by atoms with Crippen LogP contribution in [-0.2, 0) is 7.05 Å². The molecule has 5 rings (SSSR count). The van der Waals surface area contributed by atoms with E-state index < -0.39 is 0 Å². The third kappa shape index (κ3) is 5.41. The predicted octanol–water partition coefficient (Wildman–Crippen LogP) is 4.15. The zero-order valence-corrected chi connectivity index (χ0v) is 20.9. The minimum Gasteiger partial charge on any atom is -0.456 e. The molecule has 1 aliphatic heterocycles. The molecule has 0 unspecified atom stereocenters. The number of nitrogens with zero attached hydrogens (tertiary/aromatic N) is 4. The summed E-state index contributed by atoms with van der Waals surface area (Å²) in [5.74, 6) is 0.839. The van der Waals surface area contributed by atoms with Crippen LogP contribution < -0.4 is 15.8 Å². The second kappa shape index (κ2) is 10.3. The minimum absolute atomic E-state index is 0.110. The zero-order valence-electron chi connectivity index (χ0n) is 20.1. The normalized spacial score (nSPS) is 15.0. The molecule has 2 aromatic heterocycles. The Morgan fingerprint density at radius 2 is 1.89 bits per heavy atom. The number of nitrogens with one attached hydrogen (secondary N) is 1. The molecule has 3 N–H and O–H groups in total. The molecule has 1 atom stereocenters. The fraction of sp³-hybridized carbons (Fsp3) is 0.185. The molecule has 2 amide bonds. The third-order valence-corrected chi connectivity index (χ3v) is 6.49. The number of amides is 2. The molecule has 1 aliphatic rings. The fourth-order valence-corrected chi connectivity index (χ4v) is 4.39. The number of rotatable bonds is 6. The number of pyridine rings is 1. The quantitative estimate of drug-likeness (QED) is 0.397. The van der Waals surface area contributed by atoms with Crippen molar-refractivity contribution in [1.29, 1.82) is 0 Å². The highest BCUT2D eigenvalue weighted by atomic mass is 35.5. The highest BCUT2D eigenvalue weighted by Crippen LogP contribution is 2.29. The number of ether oxygens (including phenoxy) is 1. The summed E-state index contributed by atoms with van der Waals surface area (Å²) in [6.07, 6.45) is 5.79. The first-order chi connectivity index (χ1) is 17.9. The molecular weight excluding hydrogens is 492 g/mol. The lowest BCUT2D eigenvalue weighted by Gasteiger charge is -2.18. The average Bonchev–Trinajstić information content (AvgIpc) is 3.55. The van der Waals surface area contributed by atoms with E-state index in [9.17, 15) is 9.59 Å². The molecule has 37 heavy (non-hydrogen) atoms. The van der Waals surface area contributed by atoms with Crippen LogP contribution in [0.3, 0.4) is 0 Å². The number of carbonyl (C=O) groups excluding carboxylic acids is 2. The molecule has 10 heteroatoms. The van der Waals surface area contributed by atoms with Crippen molar-refractivity contribution in [2.45, 2.75) is 12.5 Å². The lowest BCUT2D eigenvalue weighted by atomic mass is 10.1. The average molecular weight is 517 g/mol. The van der Waals surface area contributed by atoms with Gasteiger partial charge in [-0.2, -0.15) is 5.10 Å². The van der Waals surface area contributed by atoms with Gasteiger partial charge in [0.25, 0.3) is 11.8 Å². The van der Waals surface area contributed by atoms with Crippen molar-refractivity contribution in [3.63, 3.8) is 0 Å². The van der Waals surface area contributed by atoms with Crippen LogP contribution in [0.1, 0.15) is 27.1 Å². The molecule has 2 aromatic carbocycles. The largest absolute Gasteiger partial charge is 0.456 e. The van der Waals surface area contributed by atoms with E-state index in [2.05, 4.69) is 15.4 Å². The highest BCUT2D eigenvalue weighted by Gasteiger charge is 2.29. The molecule has 9 nitrogen and oxygen atoms in total. The lowest BCUT2D eigenvalue weighted by Crippen LogP contribution is -2.38. The number of aryl methyl sites for hydroxylation is 1. The second-order valence-corrected chi connectivity index (χ2v) is 9.23. The van der Waals surface area contributed by atoms with E-state index in [1.54, 1.807) is 64.4 Å². The minimum atomic E-state index is -0.323. The smallest absolute Gasteiger partial charge is 0.255 e. The SMILES string of the molecule is Cn1cc(-c2cnc(N)c(C(=O)N[C@@H]3CCN(C(=O)c4ccc(Oc5ccccc5Cl)cc4)C3)c2)cn1. The number of hydrogen-bond acceptors (Lipinski definition) is 6. The number of para-hydroxylation sites is 1. The Bertz CT molecular complexity index is 1450. The van der Waals surface area contributed by atoms with Crippen molar-refractivity contribution in [2.75, 3.05) is 18.8 Å². The van der Waals surface area contributed by atoms with E-state index in [1.165, 1.54) is 0 Å². The van der Waals surface area contributed by atoms with Gasteiger partial charge in [0.2, 0.25) is 0 Å². The Balaban J connectivity index is 1.20. The maximum Gasteiger partial charge on any atom is 0.255 e. The van der Waals surface area contributed by atoms with Gasteiger partial charge in [0, 0.05) is 55.3 Å². The number of carbonyl (C=O) groups is 2. The summed E-state index contributed by atoms with van der Waals surface area (Å²) < 4.78 is 7.47. The lowest BCUT2D eigenvalue weighted by molar-refractivity contribution is 0.0783. The summed E-state index contributed by atoms with van der Waals surface area (Å²) in [7, 11) is 1.82. The number of nitrogen functional groups attached to an aromatic ring is 1. The predicted molar refractivity (Wildman–Crippen MR) is 141 cm³/mol. The van der Waals surface area contributed by atoms with Crippen LogP contribution in [0.4, 0.5) is 5.82 Å². The summed E-state index contributed by atoms with van der Waals surface area (Å²) in [5, 5.41) is 7.66. The van der Waals surface area contributed by atoms with Crippen LogP contribution in [0, 0.1) is 0 Å². The van der Waals surface area contributed by atoms with Crippen molar-refractivity contribution < 1.29 is 14.3 Å². The molecule has 1 saturated heterocycles. The van der Waals surface area contributed by atoms with Gasteiger partial charge in [-0.1, -0.05) is 23.7 Å². The molecular formula is C27H25ClN6O3. The van der Waals surface area contributed by atoms with Gasteiger partial charge in [-0.3, -0.25) is 14.3 Å². The second-order valence-electron chi connectivity index (χ2n) is 8.83. The molecule has 4 aromatic rings. The van der Waals surface area contributed by atoms with Gasteiger partial charge >= 0.3 is 0 Å². The van der Waals surface area contributed by atoms with Crippen LogP contribution in [0.5, 0.6) is 11.5 Å². The van der Waals surface area contributed by atoms with Gasteiger partial charge < -0.3 is 20.7 Å². The van der Waals surface area contributed by atoms with E-state index in [1.807, 2.05) is 25.4 Å². The molecule has 3 heterocycles. The summed E-state index contributed by atoms with van der Waals surface area (Å²) in [4.78, 5) is 31.9. The van der Waals surface area contributed by atoms with Crippen molar-refractivity contribution in [3.05, 3.63) is 89.3 Å². The highest BCUT2D eigenvalue weighted by molar-refractivity contribution is 6.32. The summed E-state index contributed by atoms with van der Waals surface area (Å²) >= 11 is 6.15. The molecule has 1 fully saturated rings. The van der Waals surface area contributed by atoms with E-state index in [-0.39, 0.29) is 23.7 Å². The first-order valence-corrected chi connectivity index (χ1v) is 12.1. The molecule has 0 bridgehead atoms. The Hall–Kier alpha value is -4.37. The zero-order chi connectivity index (χ0) is 25.9. The van der Waals surface area contributed by atoms with E-state index in [0.717, 1.165) is 11.1 Å². The summed E-state index contributed by atoms with van der Waals surface area (Å²) in [5.41, 5.74) is 8.41. The maximum atomic E-state index is 13.0. The number of aromatic nitrogens is 3. The van der Waals surface area contributed by atoms with Crippen LogP contribution in [0.15, 0.2) is 73.2 Å². The number of hydrogen-bond donors (Lipinski definition) is 2. The van der Waals surface area contributed by atoms with E-state index >= 15 is 0 Å².